The van der Waals surface area contributed by atoms with Gasteiger partial charge in [0, 0.05) is 46.1 Å². The van der Waals surface area contributed by atoms with Crippen LogP contribution in [-0.2, 0) is 38.1 Å². The lowest BCUT2D eigenvalue weighted by Crippen LogP contribution is -2.63. The molecule has 1 amide bonds. The number of aliphatic hydroxyl groups excluding tert-OH is 3. The second-order valence-corrected chi connectivity index (χ2v) is 19.8. The molecule has 3 heterocycles. The number of aliphatic hydroxyl groups is 4. The third kappa shape index (κ3) is 14.4. The Labute approximate surface area is 383 Å². The number of allylic oxidation sites excluding steroid dienone is 6. The fraction of sp³-hybridized carbons (Fsp3) is 0.784. The lowest BCUT2D eigenvalue weighted by Gasteiger charge is -2.46. The molecule has 64 heavy (non-hydrogen) atoms. The molecule has 13 heteroatoms. The molecule has 2 bridgehead atoms. The molecular formula is C51H83NO12. The van der Waals surface area contributed by atoms with Crippen molar-refractivity contribution in [3.63, 3.8) is 0 Å². The Morgan fingerprint density at radius 2 is 1.55 bits per heavy atom. The molecule has 0 spiro atoms. The summed E-state index contributed by atoms with van der Waals surface area (Å²) in [6, 6.07) is -0.959. The zero-order chi connectivity index (χ0) is 47.3. The molecule has 3 aliphatic heterocycles. The number of ketones is 1. The van der Waals surface area contributed by atoms with Crippen LogP contribution in [0.15, 0.2) is 47.6 Å². The Morgan fingerprint density at radius 1 is 0.812 bits per heavy atom. The van der Waals surface area contributed by atoms with E-state index in [0.29, 0.717) is 76.2 Å². The summed E-state index contributed by atoms with van der Waals surface area (Å²) in [5.74, 6) is -4.42. The number of esters is 1. The van der Waals surface area contributed by atoms with Crippen molar-refractivity contribution in [2.75, 3.05) is 27.9 Å². The Bertz CT molecular complexity index is 1630. The van der Waals surface area contributed by atoms with Crippen molar-refractivity contribution < 1.29 is 58.5 Å². The number of fused-ring (bicyclic) bond motifs is 3. The summed E-state index contributed by atoms with van der Waals surface area (Å²) in [4.78, 5) is 43.8. The maximum absolute atomic E-state index is 14.4. The standard InChI is InChI=1S/C51H83NO12/c1-31-16-12-11-13-17-33(3)43(60-8)30-39-22-20-37(7)51(59,64-39)48(56)49(57)52-25-15-14-18-40(52)50(58)63-42(34(4)28-38-21-23-41(53)44(29-38)61-9)24-19-32(2)27-36(6)46(55)47(62-10)45(54)35(5)26-31/h11-13,16-17,27,31-32,34-35,37-44,46-48,53,55-56,59H,14-15,18-26,28-30H2,1-10H3/b13-11+,16-12+,33-17+,36-27+/t31-,32+,34-,35-,37-,38+,39+,40+,41-,42+,43+,44-,46-,47+,48?,51-/m1/s1. The van der Waals surface area contributed by atoms with Gasteiger partial charge in [-0.15, -0.1) is 0 Å². The first-order valence-corrected chi connectivity index (χ1v) is 24.1. The highest BCUT2D eigenvalue weighted by Gasteiger charge is 2.53. The summed E-state index contributed by atoms with van der Waals surface area (Å²) in [6.07, 6.45) is 13.1. The number of rotatable bonds is 6. The maximum atomic E-state index is 14.4. The summed E-state index contributed by atoms with van der Waals surface area (Å²) in [5, 5.41) is 45.8. The minimum Gasteiger partial charge on any atom is -0.461 e. The van der Waals surface area contributed by atoms with Crippen molar-refractivity contribution in [2.24, 2.45) is 35.5 Å². The van der Waals surface area contributed by atoms with Gasteiger partial charge in [-0.3, -0.25) is 9.59 Å². The molecule has 1 unspecified atom stereocenters. The second-order valence-electron chi connectivity index (χ2n) is 19.8. The second kappa shape index (κ2) is 25.4. The van der Waals surface area contributed by atoms with Crippen LogP contribution < -0.4 is 0 Å². The first-order valence-electron chi connectivity index (χ1n) is 24.1. The SMILES string of the molecule is CO[C@H]1C[C@@H]2CC[C@@H](C)[C@@](O)(O2)C(O)C(=O)N2CCCC[C@H]2C(=O)O[C@H]([C@H](C)C[C@@H]2CC[C@@H](O)[C@H](OC)C2)CC[C@H](C)/C=C(\C)[C@@H](O)[C@@H](OC)C(=O)[C@H](C)C[C@H](C)/C=C/C=C/C=C/1C. The van der Waals surface area contributed by atoms with Crippen molar-refractivity contribution in [1.29, 1.82) is 0 Å². The third-order valence-electron chi connectivity index (χ3n) is 14.7. The Morgan fingerprint density at radius 3 is 2.23 bits per heavy atom. The number of methoxy groups -OCH3 is 3. The van der Waals surface area contributed by atoms with Gasteiger partial charge in [-0.1, -0.05) is 71.1 Å². The fourth-order valence-corrected chi connectivity index (χ4v) is 10.5. The van der Waals surface area contributed by atoms with E-state index in [9.17, 15) is 34.8 Å². The fourth-order valence-electron chi connectivity index (χ4n) is 10.5. The van der Waals surface area contributed by atoms with E-state index in [4.69, 9.17) is 23.7 Å². The van der Waals surface area contributed by atoms with E-state index in [0.717, 1.165) is 18.4 Å². The minimum absolute atomic E-state index is 0.0622. The van der Waals surface area contributed by atoms with Crippen molar-refractivity contribution in [3.05, 3.63) is 47.6 Å². The van der Waals surface area contributed by atoms with Crippen LogP contribution in [-0.4, -0.2) is 132 Å². The molecule has 0 aromatic carbocycles. The van der Waals surface area contributed by atoms with Gasteiger partial charge in [0.2, 0.25) is 5.79 Å². The van der Waals surface area contributed by atoms with E-state index in [1.807, 2.05) is 64.2 Å². The van der Waals surface area contributed by atoms with Gasteiger partial charge < -0.3 is 49.0 Å². The molecule has 1 saturated carbocycles. The smallest absolute Gasteiger partial charge is 0.329 e. The predicted octanol–water partition coefficient (Wildman–Crippen LogP) is 6.79. The van der Waals surface area contributed by atoms with Gasteiger partial charge in [0.1, 0.15) is 24.4 Å². The lowest BCUT2D eigenvalue weighted by molar-refractivity contribution is -0.317. The Balaban J connectivity index is 1.67. The van der Waals surface area contributed by atoms with Gasteiger partial charge in [0.05, 0.1) is 24.4 Å². The third-order valence-corrected chi connectivity index (χ3v) is 14.7. The maximum Gasteiger partial charge on any atom is 0.329 e. The number of amides is 1. The van der Waals surface area contributed by atoms with Gasteiger partial charge >= 0.3 is 5.97 Å². The van der Waals surface area contributed by atoms with E-state index in [2.05, 4.69) is 6.92 Å². The molecule has 3 fully saturated rings. The van der Waals surface area contributed by atoms with Crippen LogP contribution >= 0.6 is 0 Å². The summed E-state index contributed by atoms with van der Waals surface area (Å²) < 4.78 is 29.8. The quantitative estimate of drug-likeness (QED) is 0.162. The van der Waals surface area contributed by atoms with Crippen LogP contribution in [0.2, 0.25) is 0 Å². The molecule has 364 valence electrons. The number of carbonyl (C=O) groups excluding carboxylic acids is 3. The minimum atomic E-state index is -2.18. The predicted molar refractivity (Wildman–Crippen MR) is 246 cm³/mol. The van der Waals surface area contributed by atoms with E-state index in [-0.39, 0.29) is 54.1 Å². The monoisotopic (exact) mass is 902 g/mol. The van der Waals surface area contributed by atoms with Crippen molar-refractivity contribution in [3.8, 4) is 0 Å². The molecule has 13 nitrogen and oxygen atoms in total. The summed E-state index contributed by atoms with van der Waals surface area (Å²) in [5.41, 5.74) is 1.54. The lowest BCUT2D eigenvalue weighted by atomic mass is 9.78. The number of hydrogen-bond donors (Lipinski definition) is 4. The van der Waals surface area contributed by atoms with Crippen LogP contribution in [0.5, 0.6) is 0 Å². The van der Waals surface area contributed by atoms with Crippen LogP contribution in [0.3, 0.4) is 0 Å². The molecule has 2 saturated heterocycles. The highest BCUT2D eigenvalue weighted by Crippen LogP contribution is 2.39. The molecule has 4 N–H and O–H groups in total. The normalized spacial score (nSPS) is 42.0. The Hall–Kier alpha value is -2.75. The largest absolute Gasteiger partial charge is 0.461 e. The highest BCUT2D eigenvalue weighted by atomic mass is 16.6. The van der Waals surface area contributed by atoms with E-state index >= 15 is 0 Å². The van der Waals surface area contributed by atoms with E-state index in [1.165, 1.54) is 12.0 Å². The number of piperidine rings is 1. The molecule has 16 atom stereocenters. The van der Waals surface area contributed by atoms with Gasteiger partial charge in [0.15, 0.2) is 11.9 Å². The zero-order valence-electron chi connectivity index (χ0n) is 40.5. The number of Topliss-reactive ketones (excluding diaryl/α,β-unsaturated/α-hetero) is 1. The average molecular weight is 902 g/mol. The first kappa shape index (κ1) is 53.9. The molecule has 0 aromatic rings. The zero-order valence-corrected chi connectivity index (χ0v) is 40.5. The van der Waals surface area contributed by atoms with Gasteiger partial charge in [-0.25, -0.2) is 4.79 Å². The number of hydrogen-bond acceptors (Lipinski definition) is 12. The highest BCUT2D eigenvalue weighted by molar-refractivity contribution is 5.88. The van der Waals surface area contributed by atoms with E-state index < -0.39 is 66.2 Å². The van der Waals surface area contributed by atoms with Crippen LogP contribution in [0, 0.1) is 35.5 Å². The Kier molecular flexibility index (Phi) is 21.4. The summed E-state index contributed by atoms with van der Waals surface area (Å²) >= 11 is 0. The van der Waals surface area contributed by atoms with Crippen LogP contribution in [0.1, 0.15) is 132 Å². The molecule has 0 aromatic heterocycles. The van der Waals surface area contributed by atoms with E-state index in [1.54, 1.807) is 28.1 Å². The molecule has 0 radical (unpaired) electrons. The van der Waals surface area contributed by atoms with Crippen LogP contribution in [0.4, 0.5) is 0 Å². The summed E-state index contributed by atoms with van der Waals surface area (Å²) in [6.45, 7) is 13.8. The average Bonchev–Trinajstić information content (AvgIpc) is 3.27. The molecule has 4 aliphatic rings. The van der Waals surface area contributed by atoms with Gasteiger partial charge in [-0.2, -0.15) is 0 Å². The van der Waals surface area contributed by atoms with Crippen LogP contribution in [0.25, 0.3) is 0 Å². The number of ether oxygens (including phenoxy) is 5. The number of carbonyl (C=O) groups is 3. The van der Waals surface area contributed by atoms with Crippen molar-refractivity contribution >= 4 is 17.7 Å². The van der Waals surface area contributed by atoms with Crippen molar-refractivity contribution in [1.82, 2.24) is 4.90 Å². The number of cyclic esters (lactones) is 1. The van der Waals surface area contributed by atoms with Crippen molar-refractivity contribution in [2.45, 2.75) is 193 Å². The topological polar surface area (TPSA) is 182 Å². The van der Waals surface area contributed by atoms with Gasteiger partial charge in [-0.05, 0) is 126 Å². The first-order chi connectivity index (χ1) is 30.3. The molecular weight excluding hydrogens is 819 g/mol. The molecule has 1 aliphatic carbocycles. The van der Waals surface area contributed by atoms with Gasteiger partial charge in [0.25, 0.3) is 5.91 Å². The molecule has 4 rings (SSSR count). The summed E-state index contributed by atoms with van der Waals surface area (Å²) in [7, 11) is 4.67. The number of nitrogens with zero attached hydrogens (tertiary/aromatic N) is 1.